The van der Waals surface area contributed by atoms with E-state index in [1.165, 1.54) is 4.31 Å². The minimum Gasteiger partial charge on any atom is -0.390 e. The van der Waals surface area contributed by atoms with Gasteiger partial charge in [-0.15, -0.1) is 0 Å². The van der Waals surface area contributed by atoms with E-state index in [2.05, 4.69) is 24.0 Å². The van der Waals surface area contributed by atoms with Gasteiger partial charge in [0.15, 0.2) is 0 Å². The minimum absolute atomic E-state index is 0.0116. The maximum Gasteiger partial charge on any atom is 0.246 e. The molecule has 1 aromatic heterocycles. The molecule has 0 spiro atoms. The van der Waals surface area contributed by atoms with Crippen molar-refractivity contribution in [2.45, 2.75) is 45.1 Å². The van der Waals surface area contributed by atoms with Crippen molar-refractivity contribution in [3.8, 4) is 0 Å². The summed E-state index contributed by atoms with van der Waals surface area (Å²) in [4.78, 5) is 0.132. The summed E-state index contributed by atoms with van der Waals surface area (Å²) in [5.74, 6) is 0. The Balaban J connectivity index is 2.39. The molecule has 0 saturated carbocycles. The van der Waals surface area contributed by atoms with Crippen LogP contribution in [0.3, 0.4) is 0 Å². The number of sulfonamides is 1. The van der Waals surface area contributed by atoms with E-state index in [-0.39, 0.29) is 22.6 Å². The average Bonchev–Trinajstić information content (AvgIpc) is 2.69. The molecule has 1 aromatic rings. The number of hydrogen-bond donors (Lipinski definition) is 2. The fraction of sp³-hybridized carbons (Fsp3) is 0.750. The Hall–Kier alpha value is -0.920. The number of aliphatic hydroxyl groups is 1. The number of aliphatic hydroxyl groups excluding tert-OH is 1. The van der Waals surface area contributed by atoms with Gasteiger partial charge in [-0.2, -0.15) is 9.40 Å². The fourth-order valence-electron chi connectivity index (χ4n) is 2.62. The van der Waals surface area contributed by atoms with Crippen molar-refractivity contribution >= 4 is 10.0 Å². The van der Waals surface area contributed by atoms with Gasteiger partial charge in [-0.25, -0.2) is 8.42 Å². The molecule has 108 valence electrons. The summed E-state index contributed by atoms with van der Waals surface area (Å²) in [5.41, 5.74) is 0.663. The molecule has 1 aliphatic rings. The molecule has 1 fully saturated rings. The van der Waals surface area contributed by atoms with Gasteiger partial charge in [0, 0.05) is 13.1 Å². The Morgan fingerprint density at radius 1 is 1.47 bits per heavy atom. The van der Waals surface area contributed by atoms with E-state index in [9.17, 15) is 13.5 Å². The van der Waals surface area contributed by atoms with E-state index in [0.717, 1.165) is 12.8 Å². The van der Waals surface area contributed by atoms with Crippen LogP contribution in [0.25, 0.3) is 0 Å². The summed E-state index contributed by atoms with van der Waals surface area (Å²) in [6.07, 6.45) is 1.88. The third-order valence-electron chi connectivity index (χ3n) is 3.57. The van der Waals surface area contributed by atoms with Crippen molar-refractivity contribution in [3.63, 3.8) is 0 Å². The number of aromatic nitrogens is 2. The first-order valence-corrected chi connectivity index (χ1v) is 7.87. The Morgan fingerprint density at radius 2 is 2.16 bits per heavy atom. The molecule has 2 rings (SSSR count). The molecular formula is C12H21N3O3S. The summed E-state index contributed by atoms with van der Waals surface area (Å²) in [6, 6.07) is 0. The molecular weight excluding hydrogens is 266 g/mol. The fourth-order valence-corrected chi connectivity index (χ4v) is 4.61. The number of nitrogens with zero attached hydrogens (tertiary/aromatic N) is 2. The first kappa shape index (κ1) is 14.5. The number of aromatic amines is 1. The van der Waals surface area contributed by atoms with Gasteiger partial charge < -0.3 is 5.11 Å². The normalized spacial score (nSPS) is 20.6. The molecule has 0 radical (unpaired) electrons. The SMILES string of the molecule is Cc1[nH]nc(CO)c1S(=O)(=O)N1CCCC(C)(C)C1. The number of hydrogen-bond acceptors (Lipinski definition) is 4. The molecule has 1 aliphatic heterocycles. The number of aryl methyl sites for hydroxylation is 1. The van der Waals surface area contributed by atoms with E-state index < -0.39 is 10.0 Å². The van der Waals surface area contributed by atoms with Crippen LogP contribution < -0.4 is 0 Å². The lowest BCUT2D eigenvalue weighted by Gasteiger charge is -2.37. The second-order valence-corrected chi connectivity index (χ2v) is 7.76. The topological polar surface area (TPSA) is 86.3 Å². The standard InChI is InChI=1S/C12H21N3O3S/c1-9-11(10(7-16)14-13-9)19(17,18)15-6-4-5-12(2,3)8-15/h16H,4-8H2,1-3H3,(H,13,14). The van der Waals surface area contributed by atoms with Gasteiger partial charge >= 0.3 is 0 Å². The summed E-state index contributed by atoms with van der Waals surface area (Å²) in [6.45, 7) is 6.46. The van der Waals surface area contributed by atoms with Gasteiger partial charge in [0.25, 0.3) is 0 Å². The minimum atomic E-state index is -3.58. The molecule has 0 amide bonds. The van der Waals surface area contributed by atoms with E-state index in [1.807, 2.05) is 0 Å². The average molecular weight is 287 g/mol. The second kappa shape index (κ2) is 4.88. The van der Waals surface area contributed by atoms with Crippen molar-refractivity contribution in [3.05, 3.63) is 11.4 Å². The van der Waals surface area contributed by atoms with Gasteiger partial charge in [-0.1, -0.05) is 13.8 Å². The molecule has 2 heterocycles. The molecule has 1 saturated heterocycles. The Kier molecular flexibility index (Phi) is 3.72. The predicted octanol–water partition coefficient (Wildman–Crippen LogP) is 1.02. The quantitative estimate of drug-likeness (QED) is 0.869. The molecule has 6 nitrogen and oxygen atoms in total. The summed E-state index contributed by atoms with van der Waals surface area (Å²) >= 11 is 0. The first-order chi connectivity index (χ1) is 8.78. The van der Waals surface area contributed by atoms with Crippen LogP contribution in [0.2, 0.25) is 0 Å². The van der Waals surface area contributed by atoms with E-state index in [1.54, 1.807) is 6.92 Å². The van der Waals surface area contributed by atoms with Crippen molar-refractivity contribution in [2.24, 2.45) is 5.41 Å². The van der Waals surface area contributed by atoms with Crippen LogP contribution in [0.1, 0.15) is 38.1 Å². The maximum atomic E-state index is 12.7. The molecule has 0 aromatic carbocycles. The van der Waals surface area contributed by atoms with E-state index in [0.29, 0.717) is 18.8 Å². The van der Waals surface area contributed by atoms with E-state index in [4.69, 9.17) is 0 Å². The predicted molar refractivity (Wildman–Crippen MR) is 71.0 cm³/mol. The number of rotatable bonds is 3. The zero-order chi connectivity index (χ0) is 14.3. The van der Waals surface area contributed by atoms with Gasteiger partial charge in [-0.3, -0.25) is 5.10 Å². The molecule has 2 N–H and O–H groups in total. The van der Waals surface area contributed by atoms with Crippen molar-refractivity contribution < 1.29 is 13.5 Å². The lowest BCUT2D eigenvalue weighted by molar-refractivity contribution is 0.186. The van der Waals surface area contributed by atoms with Crippen molar-refractivity contribution in [1.82, 2.24) is 14.5 Å². The Labute approximate surface area is 113 Å². The van der Waals surface area contributed by atoms with Crippen LogP contribution in [0, 0.1) is 12.3 Å². The number of H-pyrrole nitrogens is 1. The third kappa shape index (κ3) is 2.68. The highest BCUT2D eigenvalue weighted by Crippen LogP contribution is 2.33. The molecule has 19 heavy (non-hydrogen) atoms. The molecule has 7 heteroatoms. The van der Waals surface area contributed by atoms with Gasteiger partial charge in [-0.05, 0) is 25.2 Å². The zero-order valence-corrected chi connectivity index (χ0v) is 12.4. The molecule has 0 unspecified atom stereocenters. The lowest BCUT2D eigenvalue weighted by Crippen LogP contribution is -2.43. The van der Waals surface area contributed by atoms with Gasteiger partial charge in [0.2, 0.25) is 10.0 Å². The van der Waals surface area contributed by atoms with Crippen LogP contribution >= 0.6 is 0 Å². The highest BCUT2D eigenvalue weighted by Gasteiger charge is 2.36. The Morgan fingerprint density at radius 3 is 2.74 bits per heavy atom. The highest BCUT2D eigenvalue weighted by molar-refractivity contribution is 7.89. The van der Waals surface area contributed by atoms with Gasteiger partial charge in [0.05, 0.1) is 12.3 Å². The molecule has 0 bridgehead atoms. The monoisotopic (exact) mass is 287 g/mol. The van der Waals surface area contributed by atoms with Crippen LogP contribution in [0.15, 0.2) is 4.90 Å². The van der Waals surface area contributed by atoms with Crippen LogP contribution in [-0.4, -0.2) is 41.1 Å². The van der Waals surface area contributed by atoms with Gasteiger partial charge in [0.1, 0.15) is 10.6 Å². The summed E-state index contributed by atoms with van der Waals surface area (Å²) in [5, 5.41) is 15.7. The first-order valence-electron chi connectivity index (χ1n) is 6.43. The highest BCUT2D eigenvalue weighted by atomic mass is 32.2. The molecule has 0 atom stereocenters. The summed E-state index contributed by atoms with van der Waals surface area (Å²) in [7, 11) is -3.58. The third-order valence-corrected chi connectivity index (χ3v) is 5.62. The molecule has 0 aliphatic carbocycles. The lowest BCUT2D eigenvalue weighted by atomic mass is 9.85. The smallest absolute Gasteiger partial charge is 0.246 e. The van der Waals surface area contributed by atoms with Crippen molar-refractivity contribution in [1.29, 1.82) is 0 Å². The number of nitrogens with one attached hydrogen (secondary N) is 1. The van der Waals surface area contributed by atoms with Crippen LogP contribution in [-0.2, 0) is 16.6 Å². The van der Waals surface area contributed by atoms with Crippen LogP contribution in [0.5, 0.6) is 0 Å². The second-order valence-electron chi connectivity index (χ2n) is 5.89. The Bertz CT molecular complexity index is 563. The van der Waals surface area contributed by atoms with E-state index >= 15 is 0 Å². The largest absolute Gasteiger partial charge is 0.390 e. The number of piperidine rings is 1. The van der Waals surface area contributed by atoms with Crippen LogP contribution in [0.4, 0.5) is 0 Å². The summed E-state index contributed by atoms with van der Waals surface area (Å²) < 4.78 is 26.9. The zero-order valence-electron chi connectivity index (χ0n) is 11.6. The maximum absolute atomic E-state index is 12.7. The van der Waals surface area contributed by atoms with Crippen molar-refractivity contribution in [2.75, 3.05) is 13.1 Å².